The van der Waals surface area contributed by atoms with Crippen LogP contribution in [0.25, 0.3) is 21.9 Å². The standard InChI is InChI=1S/C18H10O7/c19-12-5-10-6-16(18(22)25-15(10)8-13(12)20)23-11-3-1-9-2-4-17(21)24-14(9)7-11/h1-8,19-20H. The van der Waals surface area contributed by atoms with E-state index in [4.69, 9.17) is 13.6 Å². The summed E-state index contributed by atoms with van der Waals surface area (Å²) < 4.78 is 15.7. The second-order valence-corrected chi connectivity index (χ2v) is 5.33. The lowest BCUT2D eigenvalue weighted by Gasteiger charge is -2.07. The minimum atomic E-state index is -0.757. The minimum Gasteiger partial charge on any atom is -0.504 e. The molecule has 0 spiro atoms. The van der Waals surface area contributed by atoms with Gasteiger partial charge in [-0.1, -0.05) is 0 Å². The van der Waals surface area contributed by atoms with Gasteiger partial charge in [-0.25, -0.2) is 9.59 Å². The van der Waals surface area contributed by atoms with E-state index in [0.717, 1.165) is 6.07 Å². The van der Waals surface area contributed by atoms with Crippen molar-refractivity contribution in [3.63, 3.8) is 0 Å². The van der Waals surface area contributed by atoms with Crippen molar-refractivity contribution in [3.8, 4) is 23.0 Å². The fourth-order valence-corrected chi connectivity index (χ4v) is 2.43. The van der Waals surface area contributed by atoms with Crippen molar-refractivity contribution in [2.75, 3.05) is 0 Å². The lowest BCUT2D eigenvalue weighted by molar-refractivity contribution is 0.402. The first-order valence-electron chi connectivity index (χ1n) is 7.21. The highest BCUT2D eigenvalue weighted by molar-refractivity contribution is 5.82. The van der Waals surface area contributed by atoms with E-state index >= 15 is 0 Å². The summed E-state index contributed by atoms with van der Waals surface area (Å²) in [5.74, 6) is -0.583. The molecule has 2 aromatic carbocycles. The Kier molecular flexibility index (Phi) is 3.21. The topological polar surface area (TPSA) is 110 Å². The quantitative estimate of drug-likeness (QED) is 0.427. The predicted molar refractivity (Wildman–Crippen MR) is 88.4 cm³/mol. The molecule has 0 bridgehead atoms. The number of hydrogen-bond donors (Lipinski definition) is 2. The molecule has 0 aliphatic rings. The molecule has 0 saturated heterocycles. The highest BCUT2D eigenvalue weighted by Gasteiger charge is 2.11. The summed E-state index contributed by atoms with van der Waals surface area (Å²) in [6.07, 6.45) is 0. The van der Waals surface area contributed by atoms with Crippen LogP contribution >= 0.6 is 0 Å². The zero-order chi connectivity index (χ0) is 17.6. The molecule has 2 heterocycles. The smallest absolute Gasteiger partial charge is 0.379 e. The number of aromatic hydroxyl groups is 2. The number of phenols is 2. The lowest BCUT2D eigenvalue weighted by Crippen LogP contribution is -2.03. The second kappa shape index (κ2) is 5.41. The molecular formula is C18H10O7. The van der Waals surface area contributed by atoms with E-state index in [0.29, 0.717) is 16.4 Å². The van der Waals surface area contributed by atoms with E-state index in [9.17, 15) is 19.8 Å². The summed E-state index contributed by atoms with van der Waals surface area (Å²) >= 11 is 0. The minimum absolute atomic E-state index is 0.108. The lowest BCUT2D eigenvalue weighted by atomic mass is 10.2. The third-order valence-electron chi connectivity index (χ3n) is 3.62. The summed E-state index contributed by atoms with van der Waals surface area (Å²) in [4.78, 5) is 23.3. The summed E-state index contributed by atoms with van der Waals surface area (Å²) in [6, 6.07) is 11.5. The van der Waals surface area contributed by atoms with Gasteiger partial charge in [-0.2, -0.15) is 0 Å². The van der Waals surface area contributed by atoms with Gasteiger partial charge in [0, 0.05) is 29.0 Å². The number of hydrogen-bond acceptors (Lipinski definition) is 7. The summed E-state index contributed by atoms with van der Waals surface area (Å²) in [6.45, 7) is 0. The fourth-order valence-electron chi connectivity index (χ4n) is 2.43. The summed E-state index contributed by atoms with van der Waals surface area (Å²) in [5.41, 5.74) is -0.827. The molecule has 4 rings (SSSR count). The highest BCUT2D eigenvalue weighted by Crippen LogP contribution is 2.32. The number of ether oxygens (including phenoxy) is 1. The molecule has 0 radical (unpaired) electrons. The Morgan fingerprint density at radius 3 is 2.32 bits per heavy atom. The van der Waals surface area contributed by atoms with Gasteiger partial charge >= 0.3 is 11.3 Å². The molecule has 25 heavy (non-hydrogen) atoms. The van der Waals surface area contributed by atoms with Crippen molar-refractivity contribution in [2.24, 2.45) is 0 Å². The van der Waals surface area contributed by atoms with E-state index in [1.165, 1.54) is 24.3 Å². The Balaban J connectivity index is 1.79. The molecule has 0 aliphatic carbocycles. The summed E-state index contributed by atoms with van der Waals surface area (Å²) in [5, 5.41) is 20.1. The average molecular weight is 338 g/mol. The largest absolute Gasteiger partial charge is 0.504 e. The Labute approximate surface area is 138 Å². The molecule has 0 aliphatic heterocycles. The molecule has 2 N–H and O–H groups in total. The average Bonchev–Trinajstić information content (AvgIpc) is 2.57. The van der Waals surface area contributed by atoms with Crippen LogP contribution in [-0.2, 0) is 0 Å². The molecule has 0 fully saturated rings. The maximum Gasteiger partial charge on any atom is 0.379 e. The van der Waals surface area contributed by atoms with Gasteiger partial charge in [0.15, 0.2) is 11.5 Å². The van der Waals surface area contributed by atoms with E-state index in [2.05, 4.69) is 0 Å². The fraction of sp³-hybridized carbons (Fsp3) is 0. The molecule has 0 unspecified atom stereocenters. The van der Waals surface area contributed by atoms with Crippen LogP contribution in [0.1, 0.15) is 0 Å². The first-order chi connectivity index (χ1) is 12.0. The van der Waals surface area contributed by atoms with Crippen molar-refractivity contribution >= 4 is 21.9 Å². The van der Waals surface area contributed by atoms with Crippen LogP contribution in [0.15, 0.2) is 67.0 Å². The molecular weight excluding hydrogens is 328 g/mol. The molecule has 0 amide bonds. The second-order valence-electron chi connectivity index (χ2n) is 5.33. The van der Waals surface area contributed by atoms with Crippen LogP contribution in [0.5, 0.6) is 23.0 Å². The van der Waals surface area contributed by atoms with Crippen molar-refractivity contribution in [1.82, 2.24) is 0 Å². The van der Waals surface area contributed by atoms with Gasteiger partial charge in [-0.05, 0) is 30.3 Å². The van der Waals surface area contributed by atoms with Gasteiger partial charge in [0.1, 0.15) is 16.9 Å². The molecule has 2 aromatic heterocycles. The van der Waals surface area contributed by atoms with Crippen LogP contribution in [0.3, 0.4) is 0 Å². The van der Waals surface area contributed by atoms with Gasteiger partial charge in [-0.3, -0.25) is 0 Å². The molecule has 7 heteroatoms. The zero-order valence-electron chi connectivity index (χ0n) is 12.6. The number of rotatable bonds is 2. The molecule has 0 saturated carbocycles. The SMILES string of the molecule is O=c1ccc2ccc(Oc3cc4cc(O)c(O)cc4oc3=O)cc2o1. The first kappa shape index (κ1) is 14.8. The van der Waals surface area contributed by atoms with Gasteiger partial charge in [0.05, 0.1) is 0 Å². The zero-order valence-corrected chi connectivity index (χ0v) is 12.6. The van der Waals surface area contributed by atoms with Crippen LogP contribution in [-0.4, -0.2) is 10.2 Å². The van der Waals surface area contributed by atoms with Crippen molar-refractivity contribution in [2.45, 2.75) is 0 Å². The van der Waals surface area contributed by atoms with Crippen LogP contribution in [0.4, 0.5) is 0 Å². The van der Waals surface area contributed by atoms with E-state index in [1.807, 2.05) is 0 Å². The van der Waals surface area contributed by atoms with Crippen LogP contribution in [0, 0.1) is 0 Å². The number of fused-ring (bicyclic) bond motifs is 2. The third kappa shape index (κ3) is 2.67. The first-order valence-corrected chi connectivity index (χ1v) is 7.21. The molecule has 124 valence electrons. The normalized spacial score (nSPS) is 11.0. The molecule has 0 atom stereocenters. The maximum atomic E-state index is 12.0. The van der Waals surface area contributed by atoms with Gasteiger partial charge in [-0.15, -0.1) is 0 Å². The Bertz CT molecular complexity index is 1230. The van der Waals surface area contributed by atoms with Crippen molar-refractivity contribution in [1.29, 1.82) is 0 Å². The van der Waals surface area contributed by atoms with Gasteiger partial charge < -0.3 is 23.8 Å². The Morgan fingerprint density at radius 1 is 0.760 bits per heavy atom. The van der Waals surface area contributed by atoms with Crippen molar-refractivity contribution in [3.05, 3.63) is 69.4 Å². The number of phenolic OH excluding ortho intramolecular Hbond substituents is 2. The van der Waals surface area contributed by atoms with E-state index in [-0.39, 0.29) is 22.8 Å². The molecule has 4 aromatic rings. The van der Waals surface area contributed by atoms with E-state index < -0.39 is 17.0 Å². The van der Waals surface area contributed by atoms with Gasteiger partial charge in [0.25, 0.3) is 0 Å². The predicted octanol–water partition coefficient (Wildman–Crippen LogP) is 3.10. The monoisotopic (exact) mass is 338 g/mol. The maximum absolute atomic E-state index is 12.0. The molecule has 7 nitrogen and oxygen atoms in total. The highest BCUT2D eigenvalue weighted by atomic mass is 16.5. The van der Waals surface area contributed by atoms with Crippen LogP contribution < -0.4 is 16.0 Å². The number of benzene rings is 2. The van der Waals surface area contributed by atoms with Crippen molar-refractivity contribution < 1.29 is 23.8 Å². The van der Waals surface area contributed by atoms with E-state index in [1.54, 1.807) is 18.2 Å². The van der Waals surface area contributed by atoms with Crippen LogP contribution in [0.2, 0.25) is 0 Å². The Hall–Kier alpha value is -3.74. The Morgan fingerprint density at radius 2 is 1.48 bits per heavy atom. The van der Waals surface area contributed by atoms with Gasteiger partial charge in [0.2, 0.25) is 5.75 Å². The third-order valence-corrected chi connectivity index (χ3v) is 3.62. The summed E-state index contributed by atoms with van der Waals surface area (Å²) in [7, 11) is 0.